The highest BCUT2D eigenvalue weighted by molar-refractivity contribution is 7.98. The highest BCUT2D eigenvalue weighted by atomic mass is 35.5. The van der Waals surface area contributed by atoms with Gasteiger partial charge in [0.2, 0.25) is 0 Å². The van der Waals surface area contributed by atoms with E-state index < -0.39 is 0 Å². The van der Waals surface area contributed by atoms with Crippen LogP contribution in [-0.2, 0) is 5.75 Å². The molecule has 1 nitrogen and oxygen atoms in total. The molecular formula is C14H13ClFNS. The van der Waals surface area contributed by atoms with Crippen LogP contribution < -0.4 is 5.73 Å². The van der Waals surface area contributed by atoms with E-state index in [1.807, 2.05) is 13.0 Å². The van der Waals surface area contributed by atoms with E-state index in [-0.39, 0.29) is 5.82 Å². The van der Waals surface area contributed by atoms with Crippen molar-refractivity contribution in [3.8, 4) is 0 Å². The number of hydrogen-bond donors (Lipinski definition) is 1. The number of aryl methyl sites for hydroxylation is 1. The second-order valence-electron chi connectivity index (χ2n) is 4.04. The van der Waals surface area contributed by atoms with Gasteiger partial charge in [-0.3, -0.25) is 0 Å². The van der Waals surface area contributed by atoms with Crippen LogP contribution in [0.25, 0.3) is 0 Å². The fourth-order valence-electron chi connectivity index (χ4n) is 1.58. The van der Waals surface area contributed by atoms with E-state index in [0.29, 0.717) is 16.5 Å². The fraction of sp³-hybridized carbons (Fsp3) is 0.143. The van der Waals surface area contributed by atoms with Gasteiger partial charge in [0.15, 0.2) is 0 Å². The number of nitrogen functional groups attached to an aromatic ring is 1. The molecule has 2 rings (SSSR count). The minimum atomic E-state index is -0.213. The molecule has 18 heavy (non-hydrogen) atoms. The molecular weight excluding hydrogens is 269 g/mol. The summed E-state index contributed by atoms with van der Waals surface area (Å²) < 4.78 is 13.2. The molecule has 2 aromatic rings. The van der Waals surface area contributed by atoms with E-state index in [1.165, 1.54) is 6.07 Å². The standard InChI is InChI=1S/C14H13ClFNS/c1-9-2-4-12(16)6-10(9)8-18-14-7-11(15)3-5-13(14)17/h2-7H,8,17H2,1H3. The SMILES string of the molecule is Cc1ccc(F)cc1CSc1cc(Cl)ccc1N. The third kappa shape index (κ3) is 3.18. The Kier molecular flexibility index (Phi) is 4.15. The van der Waals surface area contributed by atoms with E-state index in [2.05, 4.69) is 0 Å². The van der Waals surface area contributed by atoms with Gasteiger partial charge in [0.1, 0.15) is 5.82 Å². The summed E-state index contributed by atoms with van der Waals surface area (Å²) in [6.07, 6.45) is 0. The van der Waals surface area contributed by atoms with E-state index in [1.54, 1.807) is 36.0 Å². The maximum atomic E-state index is 13.2. The van der Waals surface area contributed by atoms with E-state index >= 15 is 0 Å². The van der Waals surface area contributed by atoms with Crippen LogP contribution >= 0.6 is 23.4 Å². The van der Waals surface area contributed by atoms with Crippen molar-refractivity contribution in [2.45, 2.75) is 17.6 Å². The van der Waals surface area contributed by atoms with Gasteiger partial charge in [-0.25, -0.2) is 4.39 Å². The molecule has 0 saturated heterocycles. The van der Waals surface area contributed by atoms with Gasteiger partial charge in [0, 0.05) is 21.4 Å². The van der Waals surface area contributed by atoms with Gasteiger partial charge in [-0.05, 0) is 48.4 Å². The molecule has 94 valence electrons. The highest BCUT2D eigenvalue weighted by Gasteiger charge is 2.05. The normalized spacial score (nSPS) is 10.6. The van der Waals surface area contributed by atoms with Crippen molar-refractivity contribution in [1.82, 2.24) is 0 Å². The van der Waals surface area contributed by atoms with Crippen LogP contribution in [-0.4, -0.2) is 0 Å². The first-order valence-electron chi connectivity index (χ1n) is 5.49. The zero-order valence-electron chi connectivity index (χ0n) is 9.91. The van der Waals surface area contributed by atoms with Gasteiger partial charge >= 0.3 is 0 Å². The number of anilines is 1. The van der Waals surface area contributed by atoms with Crippen LogP contribution in [0, 0.1) is 12.7 Å². The summed E-state index contributed by atoms with van der Waals surface area (Å²) in [5.41, 5.74) is 8.61. The topological polar surface area (TPSA) is 26.0 Å². The lowest BCUT2D eigenvalue weighted by atomic mass is 10.1. The first-order valence-corrected chi connectivity index (χ1v) is 6.85. The maximum Gasteiger partial charge on any atom is 0.123 e. The number of benzene rings is 2. The van der Waals surface area contributed by atoms with Crippen molar-refractivity contribution < 1.29 is 4.39 Å². The Morgan fingerprint density at radius 3 is 2.78 bits per heavy atom. The molecule has 0 aromatic heterocycles. The second-order valence-corrected chi connectivity index (χ2v) is 5.50. The zero-order chi connectivity index (χ0) is 13.1. The van der Waals surface area contributed by atoms with Gasteiger partial charge in [0.05, 0.1) is 0 Å². The lowest BCUT2D eigenvalue weighted by Gasteiger charge is -2.08. The van der Waals surface area contributed by atoms with Crippen LogP contribution in [0.3, 0.4) is 0 Å². The molecule has 0 bridgehead atoms. The van der Waals surface area contributed by atoms with Crippen molar-refractivity contribution in [2.24, 2.45) is 0 Å². The lowest BCUT2D eigenvalue weighted by molar-refractivity contribution is 0.626. The summed E-state index contributed by atoms with van der Waals surface area (Å²) in [5, 5.41) is 0.655. The van der Waals surface area contributed by atoms with Crippen LogP contribution in [0.2, 0.25) is 5.02 Å². The number of nitrogens with two attached hydrogens (primary N) is 1. The Bertz CT molecular complexity index is 520. The Labute approximate surface area is 115 Å². The average molecular weight is 282 g/mol. The largest absolute Gasteiger partial charge is 0.398 e. The smallest absolute Gasteiger partial charge is 0.123 e. The molecule has 2 N–H and O–H groups in total. The molecule has 0 heterocycles. The molecule has 0 aliphatic heterocycles. The van der Waals surface area contributed by atoms with Crippen molar-refractivity contribution >= 4 is 29.1 Å². The molecule has 4 heteroatoms. The van der Waals surface area contributed by atoms with Crippen LogP contribution in [0.4, 0.5) is 10.1 Å². The molecule has 0 amide bonds. The van der Waals surface area contributed by atoms with Crippen molar-refractivity contribution in [1.29, 1.82) is 0 Å². The van der Waals surface area contributed by atoms with Crippen molar-refractivity contribution in [3.05, 3.63) is 58.4 Å². The van der Waals surface area contributed by atoms with Gasteiger partial charge in [-0.15, -0.1) is 11.8 Å². The predicted octanol–water partition coefficient (Wildman–Crippen LogP) is 4.66. The van der Waals surface area contributed by atoms with Crippen LogP contribution in [0.1, 0.15) is 11.1 Å². The molecule has 0 spiro atoms. The van der Waals surface area contributed by atoms with E-state index in [0.717, 1.165) is 16.0 Å². The predicted molar refractivity (Wildman–Crippen MR) is 76.6 cm³/mol. The molecule has 0 atom stereocenters. The Balaban J connectivity index is 2.16. The summed E-state index contributed by atoms with van der Waals surface area (Å²) in [6, 6.07) is 10.2. The number of thioether (sulfide) groups is 1. The summed E-state index contributed by atoms with van der Waals surface area (Å²) in [5.74, 6) is 0.462. The van der Waals surface area contributed by atoms with E-state index in [9.17, 15) is 4.39 Å². The quantitative estimate of drug-likeness (QED) is 0.654. The molecule has 0 radical (unpaired) electrons. The summed E-state index contributed by atoms with van der Waals surface area (Å²) >= 11 is 7.49. The van der Waals surface area contributed by atoms with Crippen LogP contribution in [0.15, 0.2) is 41.3 Å². The molecule has 0 aliphatic rings. The number of rotatable bonds is 3. The maximum absolute atomic E-state index is 13.2. The zero-order valence-corrected chi connectivity index (χ0v) is 11.5. The first kappa shape index (κ1) is 13.2. The minimum absolute atomic E-state index is 0.213. The van der Waals surface area contributed by atoms with Crippen LogP contribution in [0.5, 0.6) is 0 Å². The number of hydrogen-bond acceptors (Lipinski definition) is 2. The third-order valence-corrected chi connectivity index (χ3v) is 4.02. The second kappa shape index (κ2) is 5.63. The molecule has 0 unspecified atom stereocenters. The molecule has 2 aromatic carbocycles. The van der Waals surface area contributed by atoms with Gasteiger partial charge in [0.25, 0.3) is 0 Å². The summed E-state index contributed by atoms with van der Waals surface area (Å²) in [6.45, 7) is 1.97. The van der Waals surface area contributed by atoms with Crippen molar-refractivity contribution in [2.75, 3.05) is 5.73 Å². The summed E-state index contributed by atoms with van der Waals surface area (Å²) in [4.78, 5) is 0.922. The Morgan fingerprint density at radius 1 is 1.22 bits per heavy atom. The summed E-state index contributed by atoms with van der Waals surface area (Å²) in [7, 11) is 0. The monoisotopic (exact) mass is 281 g/mol. The Hall–Kier alpha value is -1.19. The third-order valence-electron chi connectivity index (χ3n) is 2.67. The minimum Gasteiger partial charge on any atom is -0.398 e. The molecule has 0 saturated carbocycles. The Morgan fingerprint density at radius 2 is 2.00 bits per heavy atom. The first-order chi connectivity index (χ1) is 8.56. The average Bonchev–Trinajstić information content (AvgIpc) is 2.34. The highest BCUT2D eigenvalue weighted by Crippen LogP contribution is 2.31. The molecule has 0 fully saturated rings. The molecule has 0 aliphatic carbocycles. The lowest BCUT2D eigenvalue weighted by Crippen LogP contribution is -1.91. The van der Waals surface area contributed by atoms with Crippen molar-refractivity contribution in [3.63, 3.8) is 0 Å². The van der Waals surface area contributed by atoms with Gasteiger partial charge in [-0.2, -0.15) is 0 Å². The van der Waals surface area contributed by atoms with Gasteiger partial charge in [-0.1, -0.05) is 17.7 Å². The number of halogens is 2. The fourth-order valence-corrected chi connectivity index (χ4v) is 2.89. The van der Waals surface area contributed by atoms with Gasteiger partial charge < -0.3 is 5.73 Å². The van der Waals surface area contributed by atoms with E-state index in [4.69, 9.17) is 17.3 Å².